The zero-order chi connectivity index (χ0) is 19.2. The van der Waals surface area contributed by atoms with Gasteiger partial charge in [0, 0.05) is 0 Å². The summed E-state index contributed by atoms with van der Waals surface area (Å²) in [6.07, 6.45) is 4.66. The van der Waals surface area contributed by atoms with Crippen molar-refractivity contribution in [3.8, 4) is 0 Å². The van der Waals surface area contributed by atoms with E-state index in [1.54, 1.807) is 19.1 Å². The summed E-state index contributed by atoms with van der Waals surface area (Å²) >= 11 is 5.22. The number of anilines is 1. The van der Waals surface area contributed by atoms with Crippen LogP contribution in [0, 0.1) is 5.82 Å². The number of imidazole rings is 1. The van der Waals surface area contributed by atoms with Crippen molar-refractivity contribution >= 4 is 35.6 Å². The highest BCUT2D eigenvalue weighted by molar-refractivity contribution is 7.80. The Labute approximate surface area is 161 Å². The van der Waals surface area contributed by atoms with Gasteiger partial charge in [-0.3, -0.25) is 5.43 Å². The minimum atomic E-state index is -0.478. The number of aromatic nitrogens is 2. The lowest BCUT2D eigenvalue weighted by Crippen LogP contribution is -2.28. The molecule has 142 valence electrons. The van der Waals surface area contributed by atoms with Gasteiger partial charge in [-0.15, -0.1) is 0 Å². The molecule has 0 spiro atoms. The summed E-state index contributed by atoms with van der Waals surface area (Å²) in [6, 6.07) is 5.88. The van der Waals surface area contributed by atoms with E-state index in [1.165, 1.54) is 22.9 Å². The molecule has 2 aromatic rings. The molecule has 0 amide bonds. The second-order valence-electron chi connectivity index (χ2n) is 5.95. The van der Waals surface area contributed by atoms with Gasteiger partial charge in [0.25, 0.3) is 0 Å². The molecular weight excluding hydrogens is 369 g/mol. The van der Waals surface area contributed by atoms with Crippen molar-refractivity contribution in [2.75, 3.05) is 11.9 Å². The molecule has 0 saturated heterocycles. The van der Waals surface area contributed by atoms with Gasteiger partial charge in [-0.1, -0.05) is 12.1 Å². The van der Waals surface area contributed by atoms with Crippen LogP contribution in [0.1, 0.15) is 36.7 Å². The highest BCUT2D eigenvalue weighted by atomic mass is 32.1. The number of fused-ring (bicyclic) bond motifs is 1. The van der Waals surface area contributed by atoms with Crippen molar-refractivity contribution in [3.63, 3.8) is 0 Å². The summed E-state index contributed by atoms with van der Waals surface area (Å²) < 4.78 is 19.5. The van der Waals surface area contributed by atoms with E-state index < -0.39 is 6.09 Å². The van der Waals surface area contributed by atoms with E-state index in [0.29, 0.717) is 5.95 Å². The third-order valence-corrected chi connectivity index (χ3v) is 4.25. The largest absolute Gasteiger partial charge is 0.449 e. The number of carbonyl (C=O) groups is 1. The van der Waals surface area contributed by atoms with Crippen molar-refractivity contribution in [2.45, 2.75) is 32.6 Å². The Balaban J connectivity index is 1.70. The highest BCUT2D eigenvalue weighted by Gasteiger charge is 2.25. The van der Waals surface area contributed by atoms with Gasteiger partial charge >= 0.3 is 6.09 Å². The molecule has 1 aromatic heterocycles. The predicted molar refractivity (Wildman–Crippen MR) is 105 cm³/mol. The molecule has 7 nitrogen and oxygen atoms in total. The normalized spacial score (nSPS) is 13.3. The molecule has 3 rings (SSSR count). The maximum absolute atomic E-state index is 12.9. The zero-order valence-corrected chi connectivity index (χ0v) is 15.7. The number of benzene rings is 1. The number of hydrogen-bond acceptors (Lipinski definition) is 5. The topological polar surface area (TPSA) is 80.5 Å². The molecule has 1 aliphatic carbocycles. The zero-order valence-electron chi connectivity index (χ0n) is 14.9. The minimum Gasteiger partial charge on any atom is -0.449 e. The number of hydrogen-bond donors (Lipinski definition) is 2. The summed E-state index contributed by atoms with van der Waals surface area (Å²) in [5, 5.41) is 7.09. The Hall–Kier alpha value is -2.81. The van der Waals surface area contributed by atoms with E-state index in [4.69, 9.17) is 17.0 Å². The van der Waals surface area contributed by atoms with Crippen LogP contribution in [0.4, 0.5) is 15.1 Å². The second-order valence-corrected chi connectivity index (χ2v) is 6.35. The third-order valence-electron chi connectivity index (χ3n) is 4.06. The quantitative estimate of drug-likeness (QED) is 0.475. The second kappa shape index (κ2) is 8.72. The first-order valence-corrected chi connectivity index (χ1v) is 9.12. The molecule has 1 aliphatic rings. The summed E-state index contributed by atoms with van der Waals surface area (Å²) in [6.45, 7) is 2.03. The number of nitrogens with one attached hydrogen (secondary N) is 2. The molecule has 0 atom stereocenters. The molecule has 0 saturated carbocycles. The Morgan fingerprint density at radius 1 is 1.37 bits per heavy atom. The van der Waals surface area contributed by atoms with E-state index in [1.807, 2.05) is 0 Å². The Morgan fingerprint density at radius 2 is 2.11 bits per heavy atom. The summed E-state index contributed by atoms with van der Waals surface area (Å²) in [5.74, 6) is 0.00176. The maximum atomic E-state index is 12.9. The number of halogens is 1. The molecule has 2 N–H and O–H groups in total. The number of hydrazone groups is 1. The molecule has 27 heavy (non-hydrogen) atoms. The van der Waals surface area contributed by atoms with E-state index in [-0.39, 0.29) is 17.5 Å². The van der Waals surface area contributed by atoms with Gasteiger partial charge in [0.1, 0.15) is 5.82 Å². The molecule has 9 heteroatoms. The van der Waals surface area contributed by atoms with Gasteiger partial charge in [-0.05, 0) is 62.5 Å². The van der Waals surface area contributed by atoms with Crippen molar-refractivity contribution in [1.82, 2.24) is 15.0 Å². The SMILES string of the molecule is CCOC(=O)n1c(NC(=S)N/N=C\c2ccc(F)cc2)nc2c1CCCC2. The molecule has 0 radical (unpaired) electrons. The molecule has 1 aromatic carbocycles. The lowest BCUT2D eigenvalue weighted by atomic mass is 10.0. The van der Waals surface area contributed by atoms with E-state index >= 15 is 0 Å². The van der Waals surface area contributed by atoms with Crippen LogP contribution < -0.4 is 10.7 Å². The van der Waals surface area contributed by atoms with E-state index in [0.717, 1.165) is 42.6 Å². The molecule has 0 aliphatic heterocycles. The molecule has 0 fully saturated rings. The van der Waals surface area contributed by atoms with E-state index in [2.05, 4.69) is 20.8 Å². The monoisotopic (exact) mass is 389 g/mol. The standard InChI is InChI=1S/C18H20FN5O2S/c1-2-26-18(25)24-15-6-4-3-5-14(15)21-16(24)22-17(27)23-20-11-12-7-9-13(19)10-8-12/h7-11H,2-6H2,1H3,(H2,21,22,23,27)/b20-11-. The Kier molecular flexibility index (Phi) is 6.12. The van der Waals surface area contributed by atoms with Crippen LogP contribution in [0.15, 0.2) is 29.4 Å². The number of aryl methyl sites for hydroxylation is 1. The maximum Gasteiger partial charge on any atom is 0.421 e. The predicted octanol–water partition coefficient (Wildman–Crippen LogP) is 3.23. The summed E-state index contributed by atoms with van der Waals surface area (Å²) in [4.78, 5) is 16.8. The number of thiocarbonyl (C=S) groups is 1. The molecule has 0 bridgehead atoms. The van der Waals surface area contributed by atoms with Crippen LogP contribution in [-0.4, -0.2) is 33.6 Å². The minimum absolute atomic E-state index is 0.182. The van der Waals surface area contributed by atoms with E-state index in [9.17, 15) is 9.18 Å². The van der Waals surface area contributed by atoms with Crippen molar-refractivity contribution in [2.24, 2.45) is 5.10 Å². The number of nitrogens with zero attached hydrogens (tertiary/aromatic N) is 3. The molecule has 0 unspecified atom stereocenters. The van der Waals surface area contributed by atoms with Gasteiger partial charge in [0.2, 0.25) is 5.95 Å². The fraction of sp³-hybridized carbons (Fsp3) is 0.333. The molecular formula is C18H20FN5O2S. The summed E-state index contributed by atoms with van der Waals surface area (Å²) in [7, 11) is 0. The molecule has 1 heterocycles. The van der Waals surface area contributed by atoms with Crippen molar-refractivity contribution in [3.05, 3.63) is 47.0 Å². The number of ether oxygens (including phenoxy) is 1. The highest BCUT2D eigenvalue weighted by Crippen LogP contribution is 2.25. The smallest absolute Gasteiger partial charge is 0.421 e. The van der Waals surface area contributed by atoms with Crippen molar-refractivity contribution in [1.29, 1.82) is 0 Å². The Morgan fingerprint density at radius 3 is 2.85 bits per heavy atom. The van der Waals surface area contributed by atoms with Gasteiger partial charge in [0.05, 0.1) is 24.2 Å². The van der Waals surface area contributed by atoms with Crippen LogP contribution in [0.25, 0.3) is 0 Å². The van der Waals surface area contributed by atoms with Crippen molar-refractivity contribution < 1.29 is 13.9 Å². The van der Waals surface area contributed by atoms with Crippen LogP contribution in [0.5, 0.6) is 0 Å². The van der Waals surface area contributed by atoms with Gasteiger partial charge in [-0.2, -0.15) is 5.10 Å². The average Bonchev–Trinajstić information content (AvgIpc) is 3.01. The van der Waals surface area contributed by atoms with Crippen LogP contribution >= 0.6 is 12.2 Å². The number of carbonyl (C=O) groups excluding carboxylic acids is 1. The first-order chi connectivity index (χ1) is 13.1. The van der Waals surface area contributed by atoms with Gasteiger partial charge < -0.3 is 10.1 Å². The lowest BCUT2D eigenvalue weighted by Gasteiger charge is -2.14. The summed E-state index contributed by atoms with van der Waals surface area (Å²) in [5.41, 5.74) is 5.13. The average molecular weight is 389 g/mol. The first-order valence-electron chi connectivity index (χ1n) is 8.71. The number of rotatable bonds is 4. The lowest BCUT2D eigenvalue weighted by molar-refractivity contribution is 0.153. The Bertz CT molecular complexity index is 863. The van der Waals surface area contributed by atoms with Crippen LogP contribution in [0.2, 0.25) is 0 Å². The fourth-order valence-electron chi connectivity index (χ4n) is 2.85. The van der Waals surface area contributed by atoms with Gasteiger partial charge in [0.15, 0.2) is 5.11 Å². The third kappa shape index (κ3) is 4.68. The fourth-order valence-corrected chi connectivity index (χ4v) is 3.00. The van der Waals surface area contributed by atoms with Crippen LogP contribution in [0.3, 0.4) is 0 Å². The first kappa shape index (κ1) is 19.0. The van der Waals surface area contributed by atoms with Crippen LogP contribution in [-0.2, 0) is 17.6 Å². The van der Waals surface area contributed by atoms with Gasteiger partial charge in [-0.25, -0.2) is 18.7 Å².